The Bertz CT molecular complexity index is 564. The Kier molecular flexibility index (Phi) is 4.15. The molecular weight excluding hydrogens is 264 g/mol. The molecule has 1 aromatic carbocycles. The van der Waals surface area contributed by atoms with Crippen LogP contribution in [0, 0.1) is 0 Å². The molecule has 0 aliphatic heterocycles. The summed E-state index contributed by atoms with van der Waals surface area (Å²) in [7, 11) is 0. The third-order valence-electron chi connectivity index (χ3n) is 2.24. The first-order chi connectivity index (χ1) is 9.15. The van der Waals surface area contributed by atoms with Gasteiger partial charge >= 0.3 is 0 Å². The van der Waals surface area contributed by atoms with Crippen LogP contribution in [0.25, 0.3) is 0 Å². The van der Waals surface area contributed by atoms with E-state index in [0.717, 1.165) is 0 Å². The molecule has 0 fully saturated rings. The number of nitrogens with one attached hydrogen (secondary N) is 1. The fraction of sp³-hybridized carbons (Fsp3) is 0.0769. The van der Waals surface area contributed by atoms with E-state index in [1.807, 2.05) is 0 Å². The molecule has 19 heavy (non-hydrogen) atoms. The lowest BCUT2D eigenvalue weighted by molar-refractivity contribution is 0.0996. The lowest BCUT2D eigenvalue weighted by atomic mass is 10.3. The zero-order valence-corrected chi connectivity index (χ0v) is 10.8. The molecule has 1 amide bonds. The Morgan fingerprint density at radius 2 is 2.05 bits per heavy atom. The van der Waals surface area contributed by atoms with E-state index in [1.165, 1.54) is 6.26 Å². The molecule has 0 saturated heterocycles. The van der Waals surface area contributed by atoms with Gasteiger partial charge in [0.15, 0.2) is 5.76 Å². The summed E-state index contributed by atoms with van der Waals surface area (Å²) in [5, 5.41) is 2.70. The first-order valence-corrected chi connectivity index (χ1v) is 5.92. The smallest absolute Gasteiger partial charge is 0.291 e. The van der Waals surface area contributed by atoms with Crippen LogP contribution in [0.4, 0.5) is 5.69 Å². The molecule has 3 N–H and O–H groups in total. The molecule has 0 saturated carbocycles. The summed E-state index contributed by atoms with van der Waals surface area (Å²) in [6.07, 6.45) is 1.45. The van der Waals surface area contributed by atoms with E-state index in [9.17, 15) is 4.79 Å². The standard InChI is InChI=1S/C13H12N2O3S/c14-12(19)8-18-10-5-3-9(4-6-10)15-13(16)11-2-1-7-17-11/h1-7H,8H2,(H2,14,19)(H,15,16). The van der Waals surface area contributed by atoms with Gasteiger partial charge in [0, 0.05) is 5.69 Å². The van der Waals surface area contributed by atoms with Crippen molar-refractivity contribution >= 4 is 28.8 Å². The minimum Gasteiger partial charge on any atom is -0.487 e. The summed E-state index contributed by atoms with van der Waals surface area (Å²) in [4.78, 5) is 12.0. The molecule has 2 aromatic rings. The number of hydrogen-bond donors (Lipinski definition) is 2. The Morgan fingerprint density at radius 3 is 2.63 bits per heavy atom. The van der Waals surface area contributed by atoms with E-state index in [0.29, 0.717) is 11.4 Å². The van der Waals surface area contributed by atoms with Gasteiger partial charge in [0.25, 0.3) is 5.91 Å². The van der Waals surface area contributed by atoms with Crippen molar-refractivity contribution in [2.45, 2.75) is 0 Å². The van der Waals surface area contributed by atoms with E-state index in [4.69, 9.17) is 27.1 Å². The van der Waals surface area contributed by atoms with Gasteiger partial charge in [-0.2, -0.15) is 0 Å². The van der Waals surface area contributed by atoms with Crippen molar-refractivity contribution in [1.82, 2.24) is 0 Å². The molecule has 98 valence electrons. The third-order valence-corrected chi connectivity index (χ3v) is 2.36. The number of benzene rings is 1. The average molecular weight is 276 g/mol. The van der Waals surface area contributed by atoms with E-state index in [2.05, 4.69) is 5.32 Å². The van der Waals surface area contributed by atoms with Gasteiger partial charge in [0.1, 0.15) is 17.3 Å². The van der Waals surface area contributed by atoms with Gasteiger partial charge in [0.05, 0.1) is 6.26 Å². The molecule has 0 spiro atoms. The summed E-state index contributed by atoms with van der Waals surface area (Å²) >= 11 is 4.71. The van der Waals surface area contributed by atoms with Crippen molar-refractivity contribution in [3.63, 3.8) is 0 Å². The highest BCUT2D eigenvalue weighted by atomic mass is 32.1. The van der Waals surface area contributed by atoms with Gasteiger partial charge in [-0.3, -0.25) is 4.79 Å². The van der Waals surface area contributed by atoms with Crippen molar-refractivity contribution in [2.24, 2.45) is 5.73 Å². The van der Waals surface area contributed by atoms with Gasteiger partial charge in [-0.25, -0.2) is 0 Å². The van der Waals surface area contributed by atoms with Gasteiger partial charge in [-0.15, -0.1) is 0 Å². The second-order valence-electron chi connectivity index (χ2n) is 3.71. The largest absolute Gasteiger partial charge is 0.487 e. The molecule has 0 radical (unpaired) electrons. The molecule has 0 atom stereocenters. The zero-order valence-electron chi connectivity index (χ0n) is 9.96. The molecule has 6 heteroatoms. The van der Waals surface area contributed by atoms with Gasteiger partial charge in [-0.1, -0.05) is 12.2 Å². The number of hydrogen-bond acceptors (Lipinski definition) is 4. The highest BCUT2D eigenvalue weighted by Crippen LogP contribution is 2.16. The number of thiocarbonyl (C=S) groups is 1. The van der Waals surface area contributed by atoms with Crippen LogP contribution in [0.5, 0.6) is 5.75 Å². The Labute approximate surface area is 115 Å². The van der Waals surface area contributed by atoms with E-state index in [-0.39, 0.29) is 23.3 Å². The van der Waals surface area contributed by atoms with Crippen LogP contribution in [0.3, 0.4) is 0 Å². The number of carbonyl (C=O) groups is 1. The number of nitrogens with two attached hydrogens (primary N) is 1. The van der Waals surface area contributed by atoms with Crippen LogP contribution >= 0.6 is 12.2 Å². The number of anilines is 1. The molecule has 0 aliphatic carbocycles. The average Bonchev–Trinajstić information content (AvgIpc) is 2.92. The quantitative estimate of drug-likeness (QED) is 0.819. The van der Waals surface area contributed by atoms with Crippen LogP contribution in [0.15, 0.2) is 47.1 Å². The highest BCUT2D eigenvalue weighted by Gasteiger charge is 2.08. The number of rotatable bonds is 5. The molecule has 5 nitrogen and oxygen atoms in total. The third kappa shape index (κ3) is 3.82. The maximum Gasteiger partial charge on any atom is 0.291 e. The lowest BCUT2D eigenvalue weighted by Crippen LogP contribution is -2.17. The van der Waals surface area contributed by atoms with Crippen molar-refractivity contribution in [3.8, 4) is 5.75 Å². The van der Waals surface area contributed by atoms with Crippen molar-refractivity contribution in [3.05, 3.63) is 48.4 Å². The fourth-order valence-corrected chi connectivity index (χ4v) is 1.45. The summed E-state index contributed by atoms with van der Waals surface area (Å²) in [6, 6.07) is 10.1. The molecule has 1 aromatic heterocycles. The fourth-order valence-electron chi connectivity index (χ4n) is 1.39. The predicted molar refractivity (Wildman–Crippen MR) is 75.4 cm³/mol. The summed E-state index contributed by atoms with van der Waals surface area (Å²) in [5.74, 6) is 0.583. The van der Waals surface area contributed by atoms with Crippen molar-refractivity contribution in [2.75, 3.05) is 11.9 Å². The van der Waals surface area contributed by atoms with E-state index < -0.39 is 0 Å². The predicted octanol–water partition coefficient (Wildman–Crippen LogP) is 2.20. The van der Waals surface area contributed by atoms with Crippen LogP contribution in [-0.4, -0.2) is 17.5 Å². The second-order valence-corrected chi connectivity index (χ2v) is 4.24. The van der Waals surface area contributed by atoms with Crippen LogP contribution in [-0.2, 0) is 0 Å². The van der Waals surface area contributed by atoms with Crippen LogP contribution < -0.4 is 15.8 Å². The number of carbonyl (C=O) groups excluding carboxylic acids is 1. The van der Waals surface area contributed by atoms with Gasteiger partial charge in [-0.05, 0) is 36.4 Å². The van der Waals surface area contributed by atoms with Crippen LogP contribution in [0.1, 0.15) is 10.6 Å². The zero-order chi connectivity index (χ0) is 13.7. The van der Waals surface area contributed by atoms with Crippen molar-refractivity contribution in [1.29, 1.82) is 0 Å². The van der Waals surface area contributed by atoms with E-state index >= 15 is 0 Å². The maximum atomic E-state index is 11.7. The molecule has 1 heterocycles. The first kappa shape index (κ1) is 13.1. The summed E-state index contributed by atoms with van der Waals surface area (Å²) in [5.41, 5.74) is 5.97. The Morgan fingerprint density at radius 1 is 1.32 bits per heavy atom. The summed E-state index contributed by atoms with van der Waals surface area (Å²) in [6.45, 7) is 0.188. The molecule has 2 rings (SSSR count). The minimum absolute atomic E-state index is 0.188. The summed E-state index contributed by atoms with van der Waals surface area (Å²) < 4.78 is 10.3. The van der Waals surface area contributed by atoms with E-state index in [1.54, 1.807) is 36.4 Å². The molecule has 0 bridgehead atoms. The Hall–Kier alpha value is -2.34. The van der Waals surface area contributed by atoms with Gasteiger partial charge in [0.2, 0.25) is 0 Å². The second kappa shape index (κ2) is 6.01. The topological polar surface area (TPSA) is 77.5 Å². The molecule has 0 unspecified atom stereocenters. The van der Waals surface area contributed by atoms with Crippen LogP contribution in [0.2, 0.25) is 0 Å². The lowest BCUT2D eigenvalue weighted by Gasteiger charge is -2.06. The van der Waals surface area contributed by atoms with Crippen molar-refractivity contribution < 1.29 is 13.9 Å². The van der Waals surface area contributed by atoms with Gasteiger partial charge < -0.3 is 20.2 Å². The highest BCUT2D eigenvalue weighted by molar-refractivity contribution is 7.80. The number of furan rings is 1. The first-order valence-electron chi connectivity index (χ1n) is 5.51. The minimum atomic E-state index is -0.304. The SMILES string of the molecule is NC(=S)COc1ccc(NC(=O)c2ccco2)cc1. The molecule has 0 aliphatic rings. The number of ether oxygens (including phenoxy) is 1. The normalized spacial score (nSPS) is 9.89. The monoisotopic (exact) mass is 276 g/mol. The number of amides is 1. The molecular formula is C13H12N2O3S. The maximum absolute atomic E-state index is 11.7. The Balaban J connectivity index is 1.95.